The molecule has 0 bridgehead atoms. The Hall–Kier alpha value is -4.32. The molecule has 2 aromatic carbocycles. The summed E-state index contributed by atoms with van der Waals surface area (Å²) < 4.78 is 5.62. The fourth-order valence-electron chi connectivity index (χ4n) is 4.41. The van der Waals surface area contributed by atoms with Gasteiger partial charge in [0.15, 0.2) is 6.19 Å². The van der Waals surface area contributed by atoms with E-state index >= 15 is 0 Å². The number of carbonyl (C=O) groups is 2. The lowest BCUT2D eigenvalue weighted by atomic mass is 10.1. The van der Waals surface area contributed by atoms with Gasteiger partial charge in [-0.25, -0.2) is 4.99 Å². The predicted octanol–water partition coefficient (Wildman–Crippen LogP) is 3.66. The topological polar surface area (TPSA) is 114 Å². The van der Waals surface area contributed by atoms with E-state index < -0.39 is 6.04 Å². The molecule has 9 nitrogen and oxygen atoms in total. The number of benzene rings is 2. The lowest BCUT2D eigenvalue weighted by Crippen LogP contribution is -2.45. The van der Waals surface area contributed by atoms with Gasteiger partial charge in [0.05, 0.1) is 6.54 Å². The average molecular weight is 501 g/mol. The Morgan fingerprint density at radius 2 is 2.03 bits per heavy atom. The number of aryl methyl sites for hydroxylation is 1. The van der Waals surface area contributed by atoms with E-state index in [1.54, 1.807) is 16.8 Å². The Kier molecular flexibility index (Phi) is 8.41. The van der Waals surface area contributed by atoms with Crippen LogP contribution in [0.2, 0.25) is 0 Å². The molecule has 4 rings (SSSR count). The Labute approximate surface area is 216 Å². The molecule has 0 aliphatic carbocycles. The SMILES string of the molecule is Cc1cc2cc(NC(=NC3CCCCN(CC(=O)N(C)CCc4ccccc4)C3=O)NC#N)ccc2o1. The van der Waals surface area contributed by atoms with Crippen LogP contribution >= 0.6 is 0 Å². The molecule has 1 aliphatic heterocycles. The predicted molar refractivity (Wildman–Crippen MR) is 143 cm³/mol. The number of guanidine groups is 1. The molecule has 1 saturated heterocycles. The van der Waals surface area contributed by atoms with Crippen LogP contribution in [0.3, 0.4) is 0 Å². The van der Waals surface area contributed by atoms with Gasteiger partial charge in [-0.1, -0.05) is 30.3 Å². The molecule has 192 valence electrons. The highest BCUT2D eigenvalue weighted by Gasteiger charge is 2.29. The van der Waals surface area contributed by atoms with Crippen molar-refractivity contribution in [2.75, 3.05) is 32.0 Å². The number of furan rings is 1. The second kappa shape index (κ2) is 12.1. The van der Waals surface area contributed by atoms with Crippen molar-refractivity contribution in [1.82, 2.24) is 15.1 Å². The van der Waals surface area contributed by atoms with Gasteiger partial charge in [-0.2, -0.15) is 5.26 Å². The molecular formula is C28H32N6O3. The molecule has 1 fully saturated rings. The molecule has 1 aliphatic rings. The lowest BCUT2D eigenvalue weighted by Gasteiger charge is -2.25. The summed E-state index contributed by atoms with van der Waals surface area (Å²) in [5, 5.41) is 15.8. The molecular weight excluding hydrogens is 468 g/mol. The molecule has 0 saturated carbocycles. The number of likely N-dealkylation sites (tertiary alicyclic amines) is 1. The van der Waals surface area contributed by atoms with E-state index in [9.17, 15) is 14.9 Å². The van der Waals surface area contributed by atoms with Crippen LogP contribution in [0.15, 0.2) is 64.0 Å². The van der Waals surface area contributed by atoms with Crippen molar-refractivity contribution in [2.45, 2.75) is 38.6 Å². The number of fused-ring (bicyclic) bond motifs is 1. The number of likely N-dealkylation sites (N-methyl/N-ethyl adjacent to an activating group) is 1. The first-order valence-corrected chi connectivity index (χ1v) is 12.5. The number of nitriles is 1. The minimum absolute atomic E-state index is 0.0150. The number of aliphatic imine (C=N–C) groups is 1. The molecule has 9 heteroatoms. The van der Waals surface area contributed by atoms with Crippen molar-refractivity contribution in [3.63, 3.8) is 0 Å². The monoisotopic (exact) mass is 500 g/mol. The normalized spacial score (nSPS) is 16.2. The van der Waals surface area contributed by atoms with Crippen molar-refractivity contribution in [3.05, 3.63) is 65.9 Å². The lowest BCUT2D eigenvalue weighted by molar-refractivity contribution is -0.140. The van der Waals surface area contributed by atoms with E-state index in [0.717, 1.165) is 41.6 Å². The maximum absolute atomic E-state index is 13.3. The van der Waals surface area contributed by atoms with Gasteiger partial charge in [-0.15, -0.1) is 0 Å². The Morgan fingerprint density at radius 1 is 1.22 bits per heavy atom. The molecule has 3 aromatic rings. The second-order valence-electron chi connectivity index (χ2n) is 9.27. The standard InChI is InChI=1S/C28H32N6O3/c1-20-16-22-17-23(11-12-25(22)37-20)31-28(30-19-29)32-24-10-6-7-14-34(27(24)36)18-26(35)33(2)15-13-21-8-4-3-5-9-21/h3-5,8-9,11-12,16-17,24H,6-7,10,13-15,18H2,1-2H3,(H2,30,31,32). The smallest absolute Gasteiger partial charge is 0.247 e. The molecule has 2 amide bonds. The molecule has 1 atom stereocenters. The second-order valence-corrected chi connectivity index (χ2v) is 9.27. The third-order valence-corrected chi connectivity index (χ3v) is 6.44. The van der Waals surface area contributed by atoms with E-state index in [0.29, 0.717) is 25.2 Å². The largest absolute Gasteiger partial charge is 0.461 e. The van der Waals surface area contributed by atoms with Crippen molar-refractivity contribution in [2.24, 2.45) is 4.99 Å². The highest BCUT2D eigenvalue weighted by molar-refractivity contribution is 5.98. The van der Waals surface area contributed by atoms with Gasteiger partial charge in [0, 0.05) is 31.2 Å². The van der Waals surface area contributed by atoms with Gasteiger partial charge >= 0.3 is 0 Å². The number of carbonyl (C=O) groups excluding carboxylic acids is 2. The number of anilines is 1. The number of nitrogens with one attached hydrogen (secondary N) is 2. The third-order valence-electron chi connectivity index (χ3n) is 6.44. The molecule has 0 radical (unpaired) electrons. The van der Waals surface area contributed by atoms with E-state index in [1.807, 2.05) is 67.7 Å². The van der Waals surface area contributed by atoms with Crippen molar-refractivity contribution >= 4 is 34.4 Å². The molecule has 37 heavy (non-hydrogen) atoms. The first-order chi connectivity index (χ1) is 17.9. The fraction of sp³-hybridized carbons (Fsp3) is 0.357. The fourth-order valence-corrected chi connectivity index (χ4v) is 4.41. The molecule has 2 heterocycles. The van der Waals surface area contributed by atoms with Gasteiger partial charge in [0.2, 0.25) is 17.8 Å². The van der Waals surface area contributed by atoms with Crippen LogP contribution in [-0.4, -0.2) is 60.3 Å². The van der Waals surface area contributed by atoms with E-state index in [-0.39, 0.29) is 24.3 Å². The summed E-state index contributed by atoms with van der Waals surface area (Å²) >= 11 is 0. The first kappa shape index (κ1) is 25.8. The average Bonchev–Trinajstić information content (AvgIpc) is 3.18. The van der Waals surface area contributed by atoms with Crippen LogP contribution in [-0.2, 0) is 16.0 Å². The Bertz CT molecular complexity index is 1310. The number of nitrogens with zero attached hydrogens (tertiary/aromatic N) is 4. The van der Waals surface area contributed by atoms with Crippen LogP contribution in [0.1, 0.15) is 30.6 Å². The number of hydrogen-bond acceptors (Lipinski definition) is 5. The van der Waals surface area contributed by atoms with Crippen LogP contribution in [0.25, 0.3) is 11.0 Å². The van der Waals surface area contributed by atoms with Crippen LogP contribution in [0, 0.1) is 18.4 Å². The quantitative estimate of drug-likeness (QED) is 0.222. The minimum atomic E-state index is -0.687. The summed E-state index contributed by atoms with van der Waals surface area (Å²) in [5.74, 6) is 0.683. The summed E-state index contributed by atoms with van der Waals surface area (Å²) in [6.07, 6.45) is 4.78. The molecule has 1 unspecified atom stereocenters. The van der Waals surface area contributed by atoms with E-state index in [2.05, 4.69) is 15.6 Å². The van der Waals surface area contributed by atoms with Gasteiger partial charge < -0.3 is 19.5 Å². The number of hydrogen-bond donors (Lipinski definition) is 2. The van der Waals surface area contributed by atoms with E-state index in [1.165, 1.54) is 0 Å². The highest BCUT2D eigenvalue weighted by Crippen LogP contribution is 2.23. The zero-order valence-corrected chi connectivity index (χ0v) is 21.2. The first-order valence-electron chi connectivity index (χ1n) is 12.5. The third kappa shape index (κ3) is 6.88. The maximum atomic E-state index is 13.3. The van der Waals surface area contributed by atoms with Crippen LogP contribution < -0.4 is 10.6 Å². The van der Waals surface area contributed by atoms with Crippen LogP contribution in [0.5, 0.6) is 0 Å². The summed E-state index contributed by atoms with van der Waals surface area (Å²) in [4.78, 5) is 34.1. The summed E-state index contributed by atoms with van der Waals surface area (Å²) in [5.41, 5.74) is 2.64. The van der Waals surface area contributed by atoms with Crippen molar-refractivity contribution in [3.8, 4) is 6.19 Å². The maximum Gasteiger partial charge on any atom is 0.247 e. The van der Waals surface area contributed by atoms with Crippen molar-refractivity contribution < 1.29 is 14.0 Å². The Balaban J connectivity index is 1.42. The zero-order valence-electron chi connectivity index (χ0n) is 21.2. The van der Waals surface area contributed by atoms with Gasteiger partial charge in [0.25, 0.3) is 0 Å². The van der Waals surface area contributed by atoms with E-state index in [4.69, 9.17) is 4.42 Å². The minimum Gasteiger partial charge on any atom is -0.461 e. The molecule has 2 N–H and O–H groups in total. The van der Waals surface area contributed by atoms with Gasteiger partial charge in [-0.05, 0) is 62.4 Å². The van der Waals surface area contributed by atoms with Gasteiger partial charge in [0.1, 0.15) is 17.4 Å². The number of rotatable bonds is 7. The zero-order chi connectivity index (χ0) is 26.2. The summed E-state index contributed by atoms with van der Waals surface area (Å²) in [6.45, 7) is 2.98. The number of amides is 2. The van der Waals surface area contributed by atoms with Crippen molar-refractivity contribution in [1.29, 1.82) is 5.26 Å². The van der Waals surface area contributed by atoms with Crippen LogP contribution in [0.4, 0.5) is 5.69 Å². The molecule has 0 spiro atoms. The Morgan fingerprint density at radius 3 is 2.81 bits per heavy atom. The van der Waals surface area contributed by atoms with Gasteiger partial charge in [-0.3, -0.25) is 14.9 Å². The highest BCUT2D eigenvalue weighted by atomic mass is 16.3. The molecule has 1 aromatic heterocycles. The summed E-state index contributed by atoms with van der Waals surface area (Å²) in [7, 11) is 1.76. The summed E-state index contributed by atoms with van der Waals surface area (Å²) in [6, 6.07) is 16.8.